The molecule has 0 radical (unpaired) electrons. The Labute approximate surface area is 121 Å². The standard InChI is InChI=1S/C17H25FN2/c18-16-5-2-13(3-6-16)10-15-11-14-4-7-17(15)20(12-14)9-1-8-19/h2-3,5-6,14-15,17H,1,4,7-12,19H2/t14-,15-,17-/m0/s1. The van der Waals surface area contributed by atoms with Crippen molar-refractivity contribution >= 4 is 0 Å². The SMILES string of the molecule is NCCCN1C[C@H]2CC[C@H]1[C@@H](Cc1ccc(F)cc1)C2. The summed E-state index contributed by atoms with van der Waals surface area (Å²) in [4.78, 5) is 2.67. The summed E-state index contributed by atoms with van der Waals surface area (Å²) in [6.07, 6.45) is 6.28. The lowest BCUT2D eigenvalue weighted by Gasteiger charge is -2.50. The van der Waals surface area contributed by atoms with Gasteiger partial charge >= 0.3 is 0 Å². The predicted molar refractivity (Wildman–Crippen MR) is 80.0 cm³/mol. The van der Waals surface area contributed by atoms with Crippen molar-refractivity contribution in [3.8, 4) is 0 Å². The van der Waals surface area contributed by atoms with Crippen molar-refractivity contribution in [3.63, 3.8) is 0 Å². The van der Waals surface area contributed by atoms with Crippen LogP contribution in [0, 0.1) is 17.7 Å². The van der Waals surface area contributed by atoms with Gasteiger partial charge in [-0.25, -0.2) is 4.39 Å². The van der Waals surface area contributed by atoms with E-state index in [0.717, 1.165) is 43.8 Å². The second-order valence-electron chi connectivity index (χ2n) is 6.47. The molecule has 2 aliphatic heterocycles. The highest BCUT2D eigenvalue weighted by Crippen LogP contribution is 2.40. The Balaban J connectivity index is 1.65. The summed E-state index contributed by atoms with van der Waals surface area (Å²) >= 11 is 0. The largest absolute Gasteiger partial charge is 0.330 e. The summed E-state index contributed by atoms with van der Waals surface area (Å²) in [5.41, 5.74) is 6.93. The zero-order valence-corrected chi connectivity index (χ0v) is 12.1. The van der Waals surface area contributed by atoms with Crippen LogP contribution >= 0.6 is 0 Å². The van der Waals surface area contributed by atoms with Crippen LogP contribution < -0.4 is 5.73 Å². The smallest absolute Gasteiger partial charge is 0.123 e. The van der Waals surface area contributed by atoms with Crippen LogP contribution in [0.1, 0.15) is 31.2 Å². The first-order valence-electron chi connectivity index (χ1n) is 7.95. The summed E-state index contributed by atoms with van der Waals surface area (Å²) in [6.45, 7) is 3.21. The molecule has 2 bridgehead atoms. The molecule has 3 aliphatic rings. The Morgan fingerprint density at radius 3 is 2.70 bits per heavy atom. The second-order valence-corrected chi connectivity index (χ2v) is 6.47. The molecule has 2 saturated heterocycles. The monoisotopic (exact) mass is 276 g/mol. The molecule has 2 nitrogen and oxygen atoms in total. The summed E-state index contributed by atoms with van der Waals surface area (Å²) in [7, 11) is 0. The average molecular weight is 276 g/mol. The van der Waals surface area contributed by atoms with Crippen molar-refractivity contribution in [1.82, 2.24) is 4.90 Å². The Hall–Kier alpha value is -0.930. The fourth-order valence-corrected chi connectivity index (χ4v) is 4.15. The molecule has 3 heteroatoms. The first-order valence-corrected chi connectivity index (χ1v) is 7.95. The number of rotatable bonds is 5. The quantitative estimate of drug-likeness (QED) is 0.896. The summed E-state index contributed by atoms with van der Waals surface area (Å²) in [5, 5.41) is 0. The highest BCUT2D eigenvalue weighted by molar-refractivity contribution is 5.17. The number of halogens is 1. The Kier molecular flexibility index (Phi) is 4.37. The summed E-state index contributed by atoms with van der Waals surface area (Å²) in [6, 6.07) is 7.78. The third-order valence-electron chi connectivity index (χ3n) is 5.07. The first kappa shape index (κ1) is 14.0. The predicted octanol–water partition coefficient (Wildman–Crippen LogP) is 2.82. The van der Waals surface area contributed by atoms with Crippen molar-refractivity contribution in [1.29, 1.82) is 0 Å². The number of hydrogen-bond acceptors (Lipinski definition) is 2. The zero-order chi connectivity index (χ0) is 13.9. The van der Waals surface area contributed by atoms with Crippen LogP contribution in [0.2, 0.25) is 0 Å². The molecule has 1 aromatic carbocycles. The van der Waals surface area contributed by atoms with Crippen LogP contribution in [0.5, 0.6) is 0 Å². The molecular weight excluding hydrogens is 251 g/mol. The molecule has 0 amide bonds. The van der Waals surface area contributed by atoms with E-state index in [1.165, 1.54) is 31.4 Å². The molecule has 20 heavy (non-hydrogen) atoms. The Bertz CT molecular complexity index is 431. The number of fused-ring (bicyclic) bond motifs is 3. The maximum atomic E-state index is 13.0. The van der Waals surface area contributed by atoms with Crippen LogP contribution in [0.25, 0.3) is 0 Å². The maximum Gasteiger partial charge on any atom is 0.123 e. The minimum Gasteiger partial charge on any atom is -0.330 e. The third kappa shape index (κ3) is 3.04. The number of benzene rings is 1. The molecule has 1 saturated carbocycles. The van der Waals surface area contributed by atoms with Gasteiger partial charge in [0.15, 0.2) is 0 Å². The van der Waals surface area contributed by atoms with E-state index < -0.39 is 0 Å². The van der Waals surface area contributed by atoms with Gasteiger partial charge in [0, 0.05) is 12.6 Å². The van der Waals surface area contributed by atoms with E-state index in [2.05, 4.69) is 4.90 Å². The minimum absolute atomic E-state index is 0.136. The fourth-order valence-electron chi connectivity index (χ4n) is 4.15. The lowest BCUT2D eigenvalue weighted by atomic mass is 9.70. The Morgan fingerprint density at radius 2 is 2.00 bits per heavy atom. The van der Waals surface area contributed by atoms with Crippen molar-refractivity contribution in [3.05, 3.63) is 35.6 Å². The van der Waals surface area contributed by atoms with E-state index in [4.69, 9.17) is 5.73 Å². The van der Waals surface area contributed by atoms with Gasteiger partial charge in [0.25, 0.3) is 0 Å². The van der Waals surface area contributed by atoms with Crippen molar-refractivity contribution in [2.75, 3.05) is 19.6 Å². The van der Waals surface area contributed by atoms with E-state index in [-0.39, 0.29) is 5.82 Å². The third-order valence-corrected chi connectivity index (χ3v) is 5.07. The second kappa shape index (κ2) is 6.23. The van der Waals surface area contributed by atoms with E-state index in [1.54, 1.807) is 12.1 Å². The maximum absolute atomic E-state index is 13.0. The summed E-state index contributed by atoms with van der Waals surface area (Å²) < 4.78 is 13.0. The molecule has 1 aromatic rings. The topological polar surface area (TPSA) is 29.3 Å². The highest BCUT2D eigenvalue weighted by atomic mass is 19.1. The minimum atomic E-state index is -0.136. The number of nitrogens with two attached hydrogens (primary N) is 1. The van der Waals surface area contributed by atoms with E-state index >= 15 is 0 Å². The van der Waals surface area contributed by atoms with Gasteiger partial charge in [0.2, 0.25) is 0 Å². The number of hydrogen-bond donors (Lipinski definition) is 1. The normalized spacial score (nSPS) is 29.8. The molecule has 110 valence electrons. The zero-order valence-electron chi connectivity index (χ0n) is 12.1. The van der Waals surface area contributed by atoms with Gasteiger partial charge in [-0.15, -0.1) is 0 Å². The van der Waals surface area contributed by atoms with Gasteiger partial charge < -0.3 is 5.73 Å². The number of piperidine rings is 2. The lowest BCUT2D eigenvalue weighted by Crippen LogP contribution is -2.53. The Morgan fingerprint density at radius 1 is 1.20 bits per heavy atom. The van der Waals surface area contributed by atoms with Gasteiger partial charge in [0.05, 0.1) is 0 Å². The summed E-state index contributed by atoms with van der Waals surface area (Å²) in [5.74, 6) is 1.47. The van der Waals surface area contributed by atoms with Crippen molar-refractivity contribution < 1.29 is 4.39 Å². The van der Waals surface area contributed by atoms with E-state index in [0.29, 0.717) is 0 Å². The molecule has 0 spiro atoms. The van der Waals surface area contributed by atoms with Crippen LogP contribution in [0.15, 0.2) is 24.3 Å². The molecule has 3 fully saturated rings. The van der Waals surface area contributed by atoms with Gasteiger partial charge in [-0.05, 0) is 74.7 Å². The van der Waals surface area contributed by atoms with Gasteiger partial charge in [0.1, 0.15) is 5.82 Å². The van der Waals surface area contributed by atoms with Crippen LogP contribution in [0.4, 0.5) is 4.39 Å². The van der Waals surface area contributed by atoms with Crippen molar-refractivity contribution in [2.24, 2.45) is 17.6 Å². The first-order chi connectivity index (χ1) is 9.76. The van der Waals surface area contributed by atoms with Crippen molar-refractivity contribution in [2.45, 2.75) is 38.1 Å². The molecule has 2 heterocycles. The molecule has 4 rings (SSSR count). The van der Waals surface area contributed by atoms with Crippen LogP contribution in [-0.4, -0.2) is 30.6 Å². The van der Waals surface area contributed by atoms with Gasteiger partial charge in [-0.2, -0.15) is 0 Å². The van der Waals surface area contributed by atoms with E-state index in [1.807, 2.05) is 12.1 Å². The molecule has 2 N–H and O–H groups in total. The van der Waals surface area contributed by atoms with Crippen LogP contribution in [0.3, 0.4) is 0 Å². The molecule has 0 aromatic heterocycles. The molecule has 1 aliphatic carbocycles. The van der Waals surface area contributed by atoms with Crippen LogP contribution in [-0.2, 0) is 6.42 Å². The van der Waals surface area contributed by atoms with E-state index in [9.17, 15) is 4.39 Å². The highest BCUT2D eigenvalue weighted by Gasteiger charge is 2.39. The fraction of sp³-hybridized carbons (Fsp3) is 0.647. The molecule has 0 unspecified atom stereocenters. The van der Waals surface area contributed by atoms with Gasteiger partial charge in [-0.3, -0.25) is 4.90 Å². The van der Waals surface area contributed by atoms with Gasteiger partial charge in [-0.1, -0.05) is 12.1 Å². The lowest BCUT2D eigenvalue weighted by molar-refractivity contribution is 0.00118. The molecule has 3 atom stereocenters. The number of nitrogens with zero attached hydrogens (tertiary/aromatic N) is 1. The molecular formula is C17H25FN2. The average Bonchev–Trinajstić information content (AvgIpc) is 2.48.